The van der Waals surface area contributed by atoms with Gasteiger partial charge in [-0.3, -0.25) is 0 Å². The van der Waals surface area contributed by atoms with Crippen molar-refractivity contribution in [3.8, 4) is 0 Å². The Morgan fingerprint density at radius 3 is 2.57 bits per heavy atom. The second-order valence-corrected chi connectivity index (χ2v) is 8.40. The molecule has 1 atom stereocenters. The molecule has 1 N–H and O–H groups in total. The molecule has 2 aliphatic rings. The second kappa shape index (κ2) is 8.38. The van der Waals surface area contributed by atoms with Crippen molar-refractivity contribution in [2.75, 3.05) is 37.6 Å². The number of nitrogens with zero attached hydrogens (tertiary/aromatic N) is 3. The number of anilines is 1. The normalized spacial score (nSPS) is 20.1. The molecule has 0 aliphatic carbocycles. The lowest BCUT2D eigenvalue weighted by Gasteiger charge is -2.31. The Hall–Kier alpha value is -3.02. The molecule has 30 heavy (non-hydrogen) atoms. The van der Waals surface area contributed by atoms with Crippen molar-refractivity contribution in [2.24, 2.45) is 5.92 Å². The number of nitrogens with one attached hydrogen (secondary N) is 1. The van der Waals surface area contributed by atoms with Crippen LogP contribution in [0.15, 0.2) is 59.0 Å². The standard InChI is InChI=1S/C24H28N4O2/c29-24(25-16-18-10-13-28(17-18)20-6-2-1-3-7-20)27-14-11-19(12-15-27)23-26-21-8-4-5-9-22(21)30-23/h1-9,18-19H,10-17H2,(H,25,29). The molecule has 3 heterocycles. The molecule has 0 saturated carbocycles. The van der Waals surface area contributed by atoms with Crippen molar-refractivity contribution >= 4 is 22.8 Å². The van der Waals surface area contributed by atoms with Crippen LogP contribution in [0, 0.1) is 5.92 Å². The Morgan fingerprint density at radius 1 is 1.00 bits per heavy atom. The molecule has 2 aromatic carbocycles. The van der Waals surface area contributed by atoms with Gasteiger partial charge >= 0.3 is 6.03 Å². The smallest absolute Gasteiger partial charge is 0.317 e. The van der Waals surface area contributed by atoms with Crippen LogP contribution in [0.4, 0.5) is 10.5 Å². The molecule has 0 spiro atoms. The average Bonchev–Trinajstić information content (AvgIpc) is 3.45. The molecule has 2 amide bonds. The number of rotatable bonds is 4. The highest BCUT2D eigenvalue weighted by Crippen LogP contribution is 2.30. The quantitative estimate of drug-likeness (QED) is 0.706. The Bertz CT molecular complexity index is 962. The van der Waals surface area contributed by atoms with Gasteiger partial charge in [-0.2, -0.15) is 0 Å². The Balaban J connectivity index is 1.09. The largest absolute Gasteiger partial charge is 0.440 e. The predicted octanol–water partition coefficient (Wildman–Crippen LogP) is 4.24. The van der Waals surface area contributed by atoms with Crippen LogP contribution in [0.25, 0.3) is 11.1 Å². The van der Waals surface area contributed by atoms with E-state index in [9.17, 15) is 4.79 Å². The van der Waals surface area contributed by atoms with Crippen molar-refractivity contribution in [3.63, 3.8) is 0 Å². The van der Waals surface area contributed by atoms with Gasteiger partial charge in [0.1, 0.15) is 5.52 Å². The summed E-state index contributed by atoms with van der Waals surface area (Å²) >= 11 is 0. The minimum absolute atomic E-state index is 0.0594. The van der Waals surface area contributed by atoms with Crippen molar-refractivity contribution < 1.29 is 9.21 Å². The molecule has 6 heteroatoms. The number of para-hydroxylation sites is 3. The highest BCUT2D eigenvalue weighted by molar-refractivity contribution is 5.74. The maximum atomic E-state index is 12.7. The van der Waals surface area contributed by atoms with Crippen molar-refractivity contribution in [1.82, 2.24) is 15.2 Å². The molecular formula is C24H28N4O2. The predicted molar refractivity (Wildman–Crippen MR) is 118 cm³/mol. The second-order valence-electron chi connectivity index (χ2n) is 8.40. The first-order chi connectivity index (χ1) is 14.8. The van der Waals surface area contributed by atoms with Gasteiger partial charge in [-0.1, -0.05) is 30.3 Å². The summed E-state index contributed by atoms with van der Waals surface area (Å²) in [4.78, 5) is 21.6. The van der Waals surface area contributed by atoms with E-state index in [1.165, 1.54) is 5.69 Å². The van der Waals surface area contributed by atoms with E-state index in [0.29, 0.717) is 5.92 Å². The summed E-state index contributed by atoms with van der Waals surface area (Å²) in [5.74, 6) is 1.60. The Labute approximate surface area is 176 Å². The van der Waals surface area contributed by atoms with Crippen LogP contribution < -0.4 is 10.2 Å². The minimum Gasteiger partial charge on any atom is -0.440 e. The topological polar surface area (TPSA) is 61.6 Å². The van der Waals surface area contributed by atoms with Gasteiger partial charge in [0.15, 0.2) is 11.5 Å². The van der Waals surface area contributed by atoms with Crippen LogP contribution in [0.5, 0.6) is 0 Å². The summed E-state index contributed by atoms with van der Waals surface area (Å²) in [6.45, 7) is 4.30. The van der Waals surface area contributed by atoms with Crippen LogP contribution in [0.1, 0.15) is 31.1 Å². The van der Waals surface area contributed by atoms with Crippen LogP contribution in [0.2, 0.25) is 0 Å². The summed E-state index contributed by atoms with van der Waals surface area (Å²) in [6.07, 6.45) is 2.91. The van der Waals surface area contributed by atoms with Crippen LogP contribution >= 0.6 is 0 Å². The number of piperidine rings is 1. The molecule has 3 aromatic rings. The number of carbonyl (C=O) groups is 1. The van der Waals surface area contributed by atoms with E-state index in [4.69, 9.17) is 4.42 Å². The SMILES string of the molecule is O=C(NCC1CCN(c2ccccc2)C1)N1CCC(c2nc3ccccc3o2)CC1. The van der Waals surface area contributed by atoms with Crippen LogP contribution in [-0.2, 0) is 0 Å². The fourth-order valence-electron chi connectivity index (χ4n) is 4.61. The van der Waals surface area contributed by atoms with Crippen molar-refractivity contribution in [1.29, 1.82) is 0 Å². The molecule has 0 bridgehead atoms. The summed E-state index contributed by atoms with van der Waals surface area (Å²) in [5.41, 5.74) is 3.02. The number of carbonyl (C=O) groups excluding carboxylic acids is 1. The van der Waals surface area contributed by atoms with E-state index in [1.54, 1.807) is 0 Å². The third-order valence-electron chi connectivity index (χ3n) is 6.39. The summed E-state index contributed by atoms with van der Waals surface area (Å²) in [6, 6.07) is 18.4. The van der Waals surface area contributed by atoms with Gasteiger partial charge in [0.05, 0.1) is 0 Å². The fourth-order valence-corrected chi connectivity index (χ4v) is 4.61. The number of likely N-dealkylation sites (tertiary alicyclic amines) is 1. The first-order valence-electron chi connectivity index (χ1n) is 10.9. The molecule has 6 nitrogen and oxygen atoms in total. The van der Waals surface area contributed by atoms with E-state index in [-0.39, 0.29) is 11.9 Å². The van der Waals surface area contributed by atoms with Gasteiger partial charge in [0.25, 0.3) is 0 Å². The molecule has 2 aliphatic heterocycles. The average molecular weight is 405 g/mol. The number of urea groups is 1. The van der Waals surface area contributed by atoms with Gasteiger partial charge in [-0.25, -0.2) is 9.78 Å². The third kappa shape index (κ3) is 3.99. The number of fused-ring (bicyclic) bond motifs is 1. The zero-order valence-corrected chi connectivity index (χ0v) is 17.2. The lowest BCUT2D eigenvalue weighted by molar-refractivity contribution is 0.176. The summed E-state index contributed by atoms with van der Waals surface area (Å²) < 4.78 is 5.93. The van der Waals surface area contributed by atoms with E-state index in [0.717, 1.165) is 69.0 Å². The molecule has 2 fully saturated rings. The maximum Gasteiger partial charge on any atom is 0.317 e. The zero-order chi connectivity index (χ0) is 20.3. The molecule has 2 saturated heterocycles. The van der Waals surface area contributed by atoms with E-state index in [2.05, 4.69) is 39.5 Å². The van der Waals surface area contributed by atoms with Gasteiger partial charge < -0.3 is 19.5 Å². The first-order valence-corrected chi connectivity index (χ1v) is 10.9. The number of oxazole rings is 1. The van der Waals surface area contributed by atoms with Crippen molar-refractivity contribution in [3.05, 3.63) is 60.5 Å². The molecule has 156 valence electrons. The monoisotopic (exact) mass is 404 g/mol. The highest BCUT2D eigenvalue weighted by Gasteiger charge is 2.28. The summed E-state index contributed by atoms with van der Waals surface area (Å²) in [7, 11) is 0. The van der Waals surface area contributed by atoms with Gasteiger partial charge in [-0.15, -0.1) is 0 Å². The number of hydrogen-bond donors (Lipinski definition) is 1. The van der Waals surface area contributed by atoms with Crippen molar-refractivity contribution in [2.45, 2.75) is 25.2 Å². The number of aromatic nitrogens is 1. The zero-order valence-electron chi connectivity index (χ0n) is 17.2. The highest BCUT2D eigenvalue weighted by atomic mass is 16.3. The van der Waals surface area contributed by atoms with Crippen LogP contribution in [0.3, 0.4) is 0 Å². The fraction of sp³-hybridized carbons (Fsp3) is 0.417. The number of benzene rings is 2. The van der Waals surface area contributed by atoms with E-state index >= 15 is 0 Å². The van der Waals surface area contributed by atoms with Gasteiger partial charge in [0, 0.05) is 44.3 Å². The first kappa shape index (κ1) is 19.0. The number of hydrogen-bond acceptors (Lipinski definition) is 4. The van der Waals surface area contributed by atoms with Crippen LogP contribution in [-0.4, -0.2) is 48.6 Å². The Morgan fingerprint density at radius 2 is 1.77 bits per heavy atom. The molecule has 0 radical (unpaired) electrons. The molecule has 1 unspecified atom stereocenters. The molecule has 1 aromatic heterocycles. The molecule has 5 rings (SSSR count). The maximum absolute atomic E-state index is 12.7. The lowest BCUT2D eigenvalue weighted by Crippen LogP contribution is -2.45. The minimum atomic E-state index is 0.0594. The van der Waals surface area contributed by atoms with E-state index in [1.807, 2.05) is 35.2 Å². The summed E-state index contributed by atoms with van der Waals surface area (Å²) in [5, 5.41) is 3.16. The van der Waals surface area contributed by atoms with E-state index < -0.39 is 0 Å². The lowest BCUT2D eigenvalue weighted by atomic mass is 9.97. The third-order valence-corrected chi connectivity index (χ3v) is 6.39. The molecular weight excluding hydrogens is 376 g/mol. The van der Waals surface area contributed by atoms with Gasteiger partial charge in [-0.05, 0) is 49.4 Å². The Kier molecular flexibility index (Phi) is 5.30. The number of amides is 2. The van der Waals surface area contributed by atoms with Gasteiger partial charge in [0.2, 0.25) is 0 Å².